The molecule has 0 bridgehead atoms. The molecule has 1 aromatic heterocycles. The van der Waals surface area contributed by atoms with Gasteiger partial charge in [0.25, 0.3) is 0 Å². The van der Waals surface area contributed by atoms with Crippen LogP contribution in [0.3, 0.4) is 0 Å². The number of piperazine rings is 1. The van der Waals surface area contributed by atoms with Crippen molar-refractivity contribution in [2.75, 3.05) is 19.6 Å². The zero-order valence-corrected chi connectivity index (χ0v) is 36.3. The fourth-order valence-electron chi connectivity index (χ4n) is 7.29. The van der Waals surface area contributed by atoms with Crippen molar-refractivity contribution in [3.05, 3.63) is 71.9 Å². The molecule has 0 spiro atoms. The molecule has 0 saturated carbocycles. The molecule has 7 atom stereocenters. The average Bonchev–Trinajstić information content (AvgIpc) is 3.67. The van der Waals surface area contributed by atoms with E-state index in [-0.39, 0.29) is 70.5 Å². The Morgan fingerprint density at radius 3 is 2.20 bits per heavy atom. The molecule has 1 aliphatic rings. The Balaban J connectivity index is 1.57. The second-order valence-electron chi connectivity index (χ2n) is 15.8. The summed E-state index contributed by atoms with van der Waals surface area (Å²) in [4.78, 5) is 122. The topological polar surface area (TPSA) is 359 Å². The maximum absolute atomic E-state index is 14.5. The van der Waals surface area contributed by atoms with Gasteiger partial charge in [-0.15, -0.1) is 0 Å². The number of fused-ring (bicyclic) bond motifs is 1. The molecule has 3 aromatic rings. The lowest BCUT2D eigenvalue weighted by atomic mass is 9.98. The summed E-state index contributed by atoms with van der Waals surface area (Å²) in [7, 11) is 0. The molecule has 22 nitrogen and oxygen atoms in total. The molecule has 350 valence electrons. The number of nitrogens with one attached hydrogen (secondary N) is 9. The predicted molar refractivity (Wildman–Crippen MR) is 238 cm³/mol. The highest BCUT2D eigenvalue weighted by molar-refractivity contribution is 5.99. The molecular weight excluding hydrogens is 843 g/mol. The quantitative estimate of drug-likeness (QED) is 0.0188. The smallest absolute Gasteiger partial charge is 0.246 e. The number of amides is 8. The van der Waals surface area contributed by atoms with E-state index in [0.717, 1.165) is 10.9 Å². The van der Waals surface area contributed by atoms with Gasteiger partial charge in [-0.2, -0.15) is 0 Å². The summed E-state index contributed by atoms with van der Waals surface area (Å²) >= 11 is 0. The van der Waals surface area contributed by atoms with Crippen LogP contribution in [0.25, 0.3) is 10.9 Å². The van der Waals surface area contributed by atoms with Gasteiger partial charge in [0.2, 0.25) is 47.3 Å². The highest BCUT2D eigenvalue weighted by atomic mass is 16.2. The van der Waals surface area contributed by atoms with E-state index < -0.39 is 89.6 Å². The van der Waals surface area contributed by atoms with Crippen molar-refractivity contribution >= 4 is 70.4 Å². The molecule has 1 fully saturated rings. The Morgan fingerprint density at radius 2 is 1.54 bits per heavy atom. The first-order chi connectivity index (χ1) is 31.0. The lowest BCUT2D eigenvalue weighted by Gasteiger charge is -2.41. The molecule has 2 aromatic carbocycles. The number of carbonyl (C=O) groups excluding carboxylic acids is 9. The van der Waals surface area contributed by atoms with Crippen LogP contribution in [0.2, 0.25) is 0 Å². The third kappa shape index (κ3) is 15.4. The number of nitrogens with two attached hydrogens (primary N) is 3. The fourth-order valence-corrected chi connectivity index (χ4v) is 7.29. The molecule has 15 N–H and O–H groups in total. The first-order valence-electron chi connectivity index (χ1n) is 21.2. The standard InChI is InChI=1S/C43H59N13O9/c1-24(44)38(61)54-33(18-26-10-4-3-5-11-26)42(65)56-22-34(55-41(64)35(56)15-9-17-49-43(46)47)40(63)53-32(19-27-21-50-30-13-7-6-12-29(27)30)39(62)52-31(37(45)60)14-8-16-48-36(59)20-28(23-57)51-25(2)58/h3-7,10-13,21,23-24,28,31-35,50H,8-9,14-20,22,44H2,1-2H3,(H2,45,60)(H,48,59)(H,51,58)(H,52,62)(H,53,63)(H,54,61)(H,55,64)(H4,46,47,49)/t24-,28-,31?,32-,33+,34+,35-/m0/s1. The van der Waals surface area contributed by atoms with E-state index >= 15 is 0 Å². The Bertz CT molecular complexity index is 2200. The van der Waals surface area contributed by atoms with Crippen molar-refractivity contribution in [2.24, 2.45) is 17.2 Å². The summed E-state index contributed by atoms with van der Waals surface area (Å²) in [5, 5.41) is 26.5. The second-order valence-corrected chi connectivity index (χ2v) is 15.8. The molecule has 65 heavy (non-hydrogen) atoms. The SMILES string of the molecule is CC(=O)N[C@H](C=O)CC(=O)NCCCC(NC(=O)[C@H](Cc1c[nH]c2ccccc12)NC(=O)[C@H]1CN(C(=O)[C@@H](Cc2ccccc2)NC(=O)[C@H](C)N)[C@@H](CCCNC(=N)N)C(=O)N1)C(N)=O. The zero-order chi connectivity index (χ0) is 47.6. The first kappa shape index (κ1) is 50.3. The largest absolute Gasteiger partial charge is 0.370 e. The summed E-state index contributed by atoms with van der Waals surface area (Å²) in [6.45, 7) is 2.54. The lowest BCUT2D eigenvalue weighted by Crippen LogP contribution is -2.68. The van der Waals surface area contributed by atoms with Gasteiger partial charge in [-0.3, -0.25) is 43.8 Å². The second kappa shape index (κ2) is 24.5. The number of rotatable bonds is 24. The molecule has 0 radical (unpaired) electrons. The van der Waals surface area contributed by atoms with Gasteiger partial charge < -0.3 is 69.1 Å². The van der Waals surface area contributed by atoms with Crippen molar-refractivity contribution in [1.82, 2.24) is 47.1 Å². The number of aromatic nitrogens is 1. The Morgan fingerprint density at radius 1 is 0.862 bits per heavy atom. The Hall–Kier alpha value is -7.36. The minimum absolute atomic E-state index is 0.0272. The highest BCUT2D eigenvalue weighted by Crippen LogP contribution is 2.21. The van der Waals surface area contributed by atoms with Gasteiger partial charge in [0, 0.05) is 50.0 Å². The number of hydrogen-bond acceptors (Lipinski definition) is 11. The van der Waals surface area contributed by atoms with Gasteiger partial charge in [0.1, 0.15) is 36.5 Å². The Labute approximate surface area is 375 Å². The van der Waals surface area contributed by atoms with E-state index in [9.17, 15) is 43.2 Å². The van der Waals surface area contributed by atoms with Crippen LogP contribution in [0.1, 0.15) is 57.1 Å². The lowest BCUT2D eigenvalue weighted by molar-refractivity contribution is -0.149. The molecule has 2 heterocycles. The number of benzene rings is 2. The minimum Gasteiger partial charge on any atom is -0.370 e. The van der Waals surface area contributed by atoms with Gasteiger partial charge in [0.05, 0.1) is 25.0 Å². The minimum atomic E-state index is -1.39. The van der Waals surface area contributed by atoms with Gasteiger partial charge in [0.15, 0.2) is 5.96 Å². The number of aromatic amines is 1. The number of nitrogens with zero attached hydrogens (tertiary/aromatic N) is 1. The van der Waals surface area contributed by atoms with E-state index in [0.29, 0.717) is 17.4 Å². The molecule has 1 unspecified atom stereocenters. The summed E-state index contributed by atoms with van der Waals surface area (Å²) in [6.07, 6.45) is 2.25. The normalized spacial score (nSPS) is 16.9. The molecule has 4 rings (SSSR count). The monoisotopic (exact) mass is 901 g/mol. The number of para-hydroxylation sites is 1. The van der Waals surface area contributed by atoms with Crippen LogP contribution in [0.15, 0.2) is 60.8 Å². The third-order valence-corrected chi connectivity index (χ3v) is 10.6. The number of carbonyl (C=O) groups is 9. The summed E-state index contributed by atoms with van der Waals surface area (Å²) in [5.74, 6) is -5.79. The van der Waals surface area contributed by atoms with Crippen molar-refractivity contribution in [2.45, 2.75) is 101 Å². The predicted octanol–water partition coefficient (Wildman–Crippen LogP) is -2.81. The van der Waals surface area contributed by atoms with Gasteiger partial charge >= 0.3 is 0 Å². The maximum Gasteiger partial charge on any atom is 0.246 e. The summed E-state index contributed by atoms with van der Waals surface area (Å²) in [6, 6.07) is 7.82. The zero-order valence-electron chi connectivity index (χ0n) is 36.3. The van der Waals surface area contributed by atoms with Crippen molar-refractivity contribution in [3.8, 4) is 0 Å². The molecule has 22 heteroatoms. The number of primary amides is 1. The Kier molecular flexibility index (Phi) is 18.9. The van der Waals surface area contributed by atoms with E-state index in [2.05, 4.69) is 42.2 Å². The van der Waals surface area contributed by atoms with Crippen molar-refractivity contribution < 1.29 is 43.2 Å². The van der Waals surface area contributed by atoms with E-state index in [4.69, 9.17) is 22.6 Å². The number of hydrogen-bond donors (Lipinski definition) is 12. The van der Waals surface area contributed by atoms with E-state index in [1.165, 1.54) is 18.7 Å². The van der Waals surface area contributed by atoms with E-state index in [1.54, 1.807) is 42.6 Å². The summed E-state index contributed by atoms with van der Waals surface area (Å²) in [5.41, 5.74) is 19.1. The number of aldehydes is 1. The first-order valence-corrected chi connectivity index (χ1v) is 21.2. The van der Waals surface area contributed by atoms with Gasteiger partial charge in [-0.25, -0.2) is 0 Å². The molecular formula is C43H59N13O9. The highest BCUT2D eigenvalue weighted by Gasteiger charge is 2.43. The third-order valence-electron chi connectivity index (χ3n) is 10.6. The van der Waals surface area contributed by atoms with Crippen LogP contribution in [0.5, 0.6) is 0 Å². The van der Waals surface area contributed by atoms with Crippen molar-refractivity contribution in [1.29, 1.82) is 5.41 Å². The van der Waals surface area contributed by atoms with Crippen LogP contribution in [-0.4, -0.2) is 131 Å². The molecule has 0 aliphatic carbocycles. The van der Waals surface area contributed by atoms with Crippen LogP contribution < -0.4 is 54.4 Å². The molecule has 1 aliphatic heterocycles. The van der Waals surface area contributed by atoms with Crippen LogP contribution in [0.4, 0.5) is 0 Å². The van der Waals surface area contributed by atoms with Gasteiger partial charge in [-0.05, 0) is 49.8 Å². The van der Waals surface area contributed by atoms with Gasteiger partial charge in [-0.1, -0.05) is 48.5 Å². The fraction of sp³-hybridized carbons (Fsp3) is 0.442. The number of guanidine groups is 1. The maximum atomic E-state index is 14.5. The molecule has 8 amide bonds. The van der Waals surface area contributed by atoms with Crippen LogP contribution in [0, 0.1) is 5.41 Å². The summed E-state index contributed by atoms with van der Waals surface area (Å²) < 4.78 is 0. The van der Waals surface area contributed by atoms with Crippen LogP contribution >= 0.6 is 0 Å². The average molecular weight is 902 g/mol. The molecule has 1 saturated heterocycles. The van der Waals surface area contributed by atoms with E-state index in [1.807, 2.05) is 18.2 Å². The van der Waals surface area contributed by atoms with Crippen LogP contribution in [-0.2, 0) is 56.0 Å². The van der Waals surface area contributed by atoms with Crippen molar-refractivity contribution in [3.63, 3.8) is 0 Å². The number of H-pyrrole nitrogens is 1.